The van der Waals surface area contributed by atoms with Crippen LogP contribution in [0.5, 0.6) is 0 Å². The molecule has 0 aliphatic rings. The highest BCUT2D eigenvalue weighted by atomic mass is 32.1. The van der Waals surface area contributed by atoms with Crippen LogP contribution in [0.25, 0.3) is 0 Å². The topological polar surface area (TPSA) is 12.5 Å². The smallest absolute Gasteiger partial charge is 0.1000 e. The highest BCUT2D eigenvalue weighted by Crippen LogP contribution is 2.06. The lowest BCUT2D eigenvalue weighted by molar-refractivity contribution is 0.0830. The first-order valence-electron chi connectivity index (χ1n) is 6.26. The average molecular weight is 233 g/mol. The molecule has 0 radical (unpaired) electrons. The number of thiol groups is 1. The fourth-order valence-corrected chi connectivity index (χ4v) is 1.98. The lowest BCUT2D eigenvalue weighted by Crippen LogP contribution is -2.30. The molecule has 0 aromatic rings. The van der Waals surface area contributed by atoms with Crippen LogP contribution in [0.4, 0.5) is 0 Å². The van der Waals surface area contributed by atoms with E-state index < -0.39 is 0 Å². The maximum atomic E-state index is 5.63. The van der Waals surface area contributed by atoms with Crippen LogP contribution in [0.1, 0.15) is 46.5 Å². The fraction of sp³-hybridized carbons (Fsp3) is 1.00. The first kappa shape index (κ1) is 15.3. The molecule has 2 nitrogen and oxygen atoms in total. The average Bonchev–Trinajstić information content (AvgIpc) is 2.19. The number of hydrogen-bond donors (Lipinski definition) is 1. The SMILES string of the molecule is CCCC(S)OCCN(CCC)CCC. The Hall–Kier alpha value is 0.270. The highest BCUT2D eigenvalue weighted by Gasteiger charge is 2.04. The molecule has 0 rings (SSSR count). The number of ether oxygens (including phenoxy) is 1. The third kappa shape index (κ3) is 9.21. The molecule has 0 bridgehead atoms. The highest BCUT2D eigenvalue weighted by molar-refractivity contribution is 7.80. The Balaban J connectivity index is 3.51. The summed E-state index contributed by atoms with van der Waals surface area (Å²) in [5.74, 6) is 0. The number of hydrogen-bond acceptors (Lipinski definition) is 3. The number of nitrogens with zero attached hydrogens (tertiary/aromatic N) is 1. The summed E-state index contributed by atoms with van der Waals surface area (Å²) in [6, 6.07) is 0. The molecule has 0 aromatic carbocycles. The van der Waals surface area contributed by atoms with E-state index in [1.165, 1.54) is 25.9 Å². The molecule has 1 atom stereocenters. The molecule has 0 saturated carbocycles. The molecule has 0 aromatic heterocycles. The van der Waals surface area contributed by atoms with Gasteiger partial charge in [0.1, 0.15) is 0 Å². The third-order valence-corrected chi connectivity index (χ3v) is 2.74. The fourth-order valence-electron chi connectivity index (χ4n) is 1.62. The van der Waals surface area contributed by atoms with E-state index in [1.54, 1.807) is 0 Å². The zero-order valence-corrected chi connectivity index (χ0v) is 11.4. The van der Waals surface area contributed by atoms with Crippen LogP contribution in [0.3, 0.4) is 0 Å². The van der Waals surface area contributed by atoms with Gasteiger partial charge in [-0.2, -0.15) is 0 Å². The normalized spacial score (nSPS) is 13.4. The van der Waals surface area contributed by atoms with Crippen molar-refractivity contribution in [2.75, 3.05) is 26.2 Å². The molecule has 0 aliphatic heterocycles. The minimum Gasteiger partial charge on any atom is -0.367 e. The predicted octanol–water partition coefficient (Wildman–Crippen LogP) is 3.18. The first-order chi connectivity index (χ1) is 7.24. The van der Waals surface area contributed by atoms with Gasteiger partial charge in [0.25, 0.3) is 0 Å². The van der Waals surface area contributed by atoms with Gasteiger partial charge in [0.05, 0.1) is 12.0 Å². The van der Waals surface area contributed by atoms with Gasteiger partial charge in [0.2, 0.25) is 0 Å². The second-order valence-corrected chi connectivity index (χ2v) is 4.53. The van der Waals surface area contributed by atoms with Crippen LogP contribution >= 0.6 is 12.6 Å². The van der Waals surface area contributed by atoms with E-state index in [4.69, 9.17) is 4.74 Å². The maximum absolute atomic E-state index is 5.63. The molecule has 1 unspecified atom stereocenters. The van der Waals surface area contributed by atoms with E-state index >= 15 is 0 Å². The molecule has 0 heterocycles. The van der Waals surface area contributed by atoms with Gasteiger partial charge in [0, 0.05) is 6.54 Å². The van der Waals surface area contributed by atoms with Gasteiger partial charge in [-0.15, -0.1) is 12.6 Å². The van der Waals surface area contributed by atoms with Crippen LogP contribution in [0, 0.1) is 0 Å². The maximum Gasteiger partial charge on any atom is 0.1000 e. The lowest BCUT2D eigenvalue weighted by Gasteiger charge is -2.21. The van der Waals surface area contributed by atoms with Crippen molar-refractivity contribution in [2.45, 2.75) is 51.9 Å². The quantitative estimate of drug-likeness (QED) is 0.459. The second kappa shape index (κ2) is 10.8. The summed E-state index contributed by atoms with van der Waals surface area (Å²) in [5.41, 5.74) is 0.125. The largest absolute Gasteiger partial charge is 0.367 e. The Bertz CT molecular complexity index is 127. The molecule has 0 spiro atoms. The van der Waals surface area contributed by atoms with Gasteiger partial charge < -0.3 is 9.64 Å². The van der Waals surface area contributed by atoms with Crippen molar-refractivity contribution < 1.29 is 4.74 Å². The van der Waals surface area contributed by atoms with Crippen LogP contribution in [-0.4, -0.2) is 36.6 Å². The third-order valence-electron chi connectivity index (χ3n) is 2.33. The van der Waals surface area contributed by atoms with E-state index in [0.717, 1.165) is 26.0 Å². The molecule has 0 aliphatic carbocycles. The lowest BCUT2D eigenvalue weighted by atomic mass is 10.3. The summed E-state index contributed by atoms with van der Waals surface area (Å²) in [7, 11) is 0. The van der Waals surface area contributed by atoms with Crippen molar-refractivity contribution in [1.29, 1.82) is 0 Å². The van der Waals surface area contributed by atoms with Crippen molar-refractivity contribution in [1.82, 2.24) is 4.90 Å². The summed E-state index contributed by atoms with van der Waals surface area (Å²) in [6.45, 7) is 10.8. The number of rotatable bonds is 10. The zero-order valence-electron chi connectivity index (χ0n) is 10.5. The molecule has 3 heteroatoms. The summed E-state index contributed by atoms with van der Waals surface area (Å²) >= 11 is 4.38. The van der Waals surface area contributed by atoms with Crippen LogP contribution < -0.4 is 0 Å². The predicted molar refractivity (Wildman–Crippen MR) is 70.7 cm³/mol. The van der Waals surface area contributed by atoms with Crippen LogP contribution in [0.2, 0.25) is 0 Å². The van der Waals surface area contributed by atoms with Crippen molar-refractivity contribution in [3.8, 4) is 0 Å². The van der Waals surface area contributed by atoms with Crippen molar-refractivity contribution in [3.05, 3.63) is 0 Å². The minimum atomic E-state index is 0.125. The van der Waals surface area contributed by atoms with Gasteiger partial charge in [-0.25, -0.2) is 0 Å². The monoisotopic (exact) mass is 233 g/mol. The van der Waals surface area contributed by atoms with Crippen molar-refractivity contribution in [3.63, 3.8) is 0 Å². The second-order valence-electron chi connectivity index (χ2n) is 3.96. The Kier molecular flexibility index (Phi) is 11.0. The van der Waals surface area contributed by atoms with Crippen LogP contribution in [0.15, 0.2) is 0 Å². The van der Waals surface area contributed by atoms with Gasteiger partial charge in [-0.1, -0.05) is 27.2 Å². The first-order valence-corrected chi connectivity index (χ1v) is 6.78. The Morgan fingerprint density at radius 1 is 1.00 bits per heavy atom. The van der Waals surface area contributed by atoms with E-state index in [0.29, 0.717) is 0 Å². The standard InChI is InChI=1S/C12H27NOS/c1-4-7-12(15)14-11-10-13(8-5-2)9-6-3/h12,15H,4-11H2,1-3H3. The van der Waals surface area contributed by atoms with Crippen molar-refractivity contribution in [2.24, 2.45) is 0 Å². The van der Waals surface area contributed by atoms with Crippen LogP contribution in [-0.2, 0) is 4.74 Å². The molecule has 15 heavy (non-hydrogen) atoms. The molecule has 0 saturated heterocycles. The van der Waals surface area contributed by atoms with E-state index in [-0.39, 0.29) is 5.44 Å². The summed E-state index contributed by atoms with van der Waals surface area (Å²) in [5, 5.41) is 0. The molecule has 0 N–H and O–H groups in total. The van der Waals surface area contributed by atoms with Gasteiger partial charge >= 0.3 is 0 Å². The summed E-state index contributed by atoms with van der Waals surface area (Å²) in [4.78, 5) is 2.46. The Labute approximate surface area is 101 Å². The van der Waals surface area contributed by atoms with Gasteiger partial charge in [0.15, 0.2) is 0 Å². The molecule has 0 fully saturated rings. The molecule has 92 valence electrons. The molecular weight excluding hydrogens is 206 g/mol. The Morgan fingerprint density at radius 2 is 1.60 bits per heavy atom. The van der Waals surface area contributed by atoms with E-state index in [2.05, 4.69) is 38.3 Å². The Morgan fingerprint density at radius 3 is 2.07 bits per heavy atom. The zero-order chi connectivity index (χ0) is 11.5. The van der Waals surface area contributed by atoms with Gasteiger partial charge in [-0.3, -0.25) is 0 Å². The summed E-state index contributed by atoms with van der Waals surface area (Å²) in [6.07, 6.45) is 4.63. The van der Waals surface area contributed by atoms with Crippen molar-refractivity contribution >= 4 is 12.6 Å². The van der Waals surface area contributed by atoms with Gasteiger partial charge in [-0.05, 0) is 32.4 Å². The van der Waals surface area contributed by atoms with E-state index in [9.17, 15) is 0 Å². The molecular formula is C12H27NOS. The summed E-state index contributed by atoms with van der Waals surface area (Å²) < 4.78 is 5.63. The minimum absolute atomic E-state index is 0.125. The molecule has 0 amide bonds. The van der Waals surface area contributed by atoms with E-state index in [1.807, 2.05) is 0 Å².